The Bertz CT molecular complexity index is 295. The number of nitrogens with one attached hydrogen (secondary N) is 1. The van der Waals surface area contributed by atoms with E-state index in [4.69, 9.17) is 12.2 Å². The Kier molecular flexibility index (Phi) is 1.00. The molecular formula is C5H8N4S. The Morgan fingerprint density at radius 1 is 1.70 bits per heavy atom. The van der Waals surface area contributed by atoms with Crippen LogP contribution in [0.1, 0.15) is 19.8 Å². The molecule has 0 bridgehead atoms. The Balaban J connectivity index is 2.51. The molecule has 1 N–H and O–H groups in total. The molecule has 0 atom stereocenters. The third-order valence-corrected chi connectivity index (χ3v) is 2.25. The summed E-state index contributed by atoms with van der Waals surface area (Å²) in [6, 6.07) is 0. The van der Waals surface area contributed by atoms with E-state index in [0.717, 1.165) is 0 Å². The van der Waals surface area contributed by atoms with E-state index in [2.05, 4.69) is 22.4 Å². The molecule has 10 heavy (non-hydrogen) atoms. The Hall–Kier alpha value is -0.710. The third-order valence-electron chi connectivity index (χ3n) is 1.98. The summed E-state index contributed by atoms with van der Waals surface area (Å²) >= 11 is 4.93. The van der Waals surface area contributed by atoms with Crippen LogP contribution in [0.3, 0.4) is 0 Å². The van der Waals surface area contributed by atoms with E-state index in [0.29, 0.717) is 4.77 Å². The summed E-state index contributed by atoms with van der Waals surface area (Å²) < 4.78 is 2.41. The summed E-state index contributed by atoms with van der Waals surface area (Å²) in [4.78, 5) is 0. The normalized spacial score (nSPS) is 20.9. The van der Waals surface area contributed by atoms with E-state index >= 15 is 0 Å². The van der Waals surface area contributed by atoms with E-state index in [9.17, 15) is 0 Å². The van der Waals surface area contributed by atoms with Crippen molar-refractivity contribution < 1.29 is 0 Å². The van der Waals surface area contributed by atoms with Crippen LogP contribution in [0.15, 0.2) is 0 Å². The first-order valence-electron chi connectivity index (χ1n) is 3.23. The Labute approximate surface area is 63.2 Å². The second-order valence-electron chi connectivity index (χ2n) is 2.91. The average molecular weight is 156 g/mol. The summed E-state index contributed by atoms with van der Waals surface area (Å²) in [5, 5.41) is 10.1. The van der Waals surface area contributed by atoms with Gasteiger partial charge in [-0.05, 0) is 32.0 Å². The van der Waals surface area contributed by atoms with Crippen LogP contribution in [0.2, 0.25) is 0 Å². The summed E-state index contributed by atoms with van der Waals surface area (Å²) in [5.74, 6) is 0. The van der Waals surface area contributed by atoms with Gasteiger partial charge in [-0.25, -0.2) is 4.68 Å². The molecular weight excluding hydrogens is 148 g/mol. The zero-order valence-electron chi connectivity index (χ0n) is 5.66. The van der Waals surface area contributed by atoms with Crippen LogP contribution >= 0.6 is 12.2 Å². The highest BCUT2D eigenvalue weighted by molar-refractivity contribution is 7.71. The van der Waals surface area contributed by atoms with Crippen molar-refractivity contribution in [3.63, 3.8) is 0 Å². The summed E-state index contributed by atoms with van der Waals surface area (Å²) in [6.45, 7) is 2.14. The molecule has 0 unspecified atom stereocenters. The van der Waals surface area contributed by atoms with Gasteiger partial charge in [0.15, 0.2) is 0 Å². The van der Waals surface area contributed by atoms with Gasteiger partial charge in [0.1, 0.15) is 0 Å². The highest BCUT2D eigenvalue weighted by Crippen LogP contribution is 2.41. The lowest BCUT2D eigenvalue weighted by atomic mass is 10.3. The number of nitrogens with zero attached hydrogens (tertiary/aromatic N) is 3. The number of aromatic nitrogens is 4. The second kappa shape index (κ2) is 1.66. The van der Waals surface area contributed by atoms with Crippen molar-refractivity contribution in [3.8, 4) is 0 Å². The maximum Gasteiger partial charge on any atom is 0.238 e. The van der Waals surface area contributed by atoms with Gasteiger partial charge in [0, 0.05) is 0 Å². The number of hydrogen-bond donors (Lipinski definition) is 1. The minimum absolute atomic E-state index is 0.195. The van der Waals surface area contributed by atoms with Gasteiger partial charge in [0.05, 0.1) is 5.54 Å². The molecule has 1 aliphatic rings. The first-order valence-corrected chi connectivity index (χ1v) is 3.64. The molecule has 4 nitrogen and oxygen atoms in total. The van der Waals surface area contributed by atoms with E-state index in [1.807, 2.05) is 4.68 Å². The summed E-state index contributed by atoms with van der Waals surface area (Å²) in [6.07, 6.45) is 2.34. The maximum atomic E-state index is 4.93. The number of rotatable bonds is 1. The highest BCUT2D eigenvalue weighted by atomic mass is 32.1. The molecule has 0 aliphatic heterocycles. The highest BCUT2D eigenvalue weighted by Gasteiger charge is 2.40. The minimum atomic E-state index is 0.195. The van der Waals surface area contributed by atoms with E-state index in [1.54, 1.807) is 0 Å². The predicted molar refractivity (Wildman–Crippen MR) is 38.1 cm³/mol. The van der Waals surface area contributed by atoms with Crippen LogP contribution in [-0.4, -0.2) is 20.2 Å². The van der Waals surface area contributed by atoms with Crippen LogP contribution in [0.25, 0.3) is 0 Å². The molecule has 5 heteroatoms. The zero-order chi connectivity index (χ0) is 7.19. The molecule has 54 valence electrons. The van der Waals surface area contributed by atoms with E-state index in [-0.39, 0.29) is 5.54 Å². The number of tetrazole rings is 1. The molecule has 0 radical (unpaired) electrons. The minimum Gasteiger partial charge on any atom is -0.237 e. The quantitative estimate of drug-likeness (QED) is 0.613. The van der Waals surface area contributed by atoms with Crippen LogP contribution in [-0.2, 0) is 5.54 Å². The van der Waals surface area contributed by atoms with Crippen LogP contribution in [0.5, 0.6) is 0 Å². The topological polar surface area (TPSA) is 46.5 Å². The number of aromatic amines is 1. The van der Waals surface area contributed by atoms with Gasteiger partial charge in [-0.2, -0.15) is 5.21 Å². The van der Waals surface area contributed by atoms with Gasteiger partial charge < -0.3 is 0 Å². The fourth-order valence-electron chi connectivity index (χ4n) is 0.953. The number of H-pyrrole nitrogens is 1. The zero-order valence-corrected chi connectivity index (χ0v) is 6.48. The molecule has 0 amide bonds. The molecule has 0 spiro atoms. The summed E-state index contributed by atoms with van der Waals surface area (Å²) in [5.41, 5.74) is 0.195. The van der Waals surface area contributed by atoms with Gasteiger partial charge in [-0.3, -0.25) is 0 Å². The molecule has 1 fully saturated rings. The SMILES string of the molecule is CC1(n2[nH]nnc2=S)CC1. The van der Waals surface area contributed by atoms with Crippen molar-refractivity contribution in [1.29, 1.82) is 0 Å². The standard InChI is InChI=1S/C5H8N4S/c1-5(2-3-5)9-4(10)6-7-8-9/h2-3H2,1H3,(H,6,8,10). The van der Waals surface area contributed by atoms with Crippen molar-refractivity contribution in [3.05, 3.63) is 4.77 Å². The van der Waals surface area contributed by atoms with Crippen molar-refractivity contribution in [2.75, 3.05) is 0 Å². The average Bonchev–Trinajstić information content (AvgIpc) is 2.44. The molecule has 1 aromatic heterocycles. The predicted octanol–water partition coefficient (Wildman–Crippen LogP) is 0.845. The monoisotopic (exact) mass is 156 g/mol. The van der Waals surface area contributed by atoms with E-state index in [1.165, 1.54) is 12.8 Å². The fraction of sp³-hybridized carbons (Fsp3) is 0.800. The first-order chi connectivity index (χ1) is 4.72. The smallest absolute Gasteiger partial charge is 0.237 e. The molecule has 1 aromatic rings. The van der Waals surface area contributed by atoms with Gasteiger partial charge in [0.25, 0.3) is 0 Å². The first kappa shape index (κ1) is 6.03. The fourth-order valence-corrected chi connectivity index (χ4v) is 1.26. The molecule has 2 rings (SSSR count). The van der Waals surface area contributed by atoms with Crippen molar-refractivity contribution in [2.24, 2.45) is 0 Å². The lowest BCUT2D eigenvalue weighted by molar-refractivity contribution is 0.453. The molecule has 1 aliphatic carbocycles. The van der Waals surface area contributed by atoms with Crippen LogP contribution in [0.4, 0.5) is 0 Å². The lowest BCUT2D eigenvalue weighted by Gasteiger charge is -2.05. The summed E-state index contributed by atoms with van der Waals surface area (Å²) in [7, 11) is 0. The van der Waals surface area contributed by atoms with Crippen molar-refractivity contribution >= 4 is 12.2 Å². The Morgan fingerprint density at radius 3 is 2.80 bits per heavy atom. The molecule has 1 heterocycles. The van der Waals surface area contributed by atoms with Crippen LogP contribution < -0.4 is 0 Å². The van der Waals surface area contributed by atoms with Gasteiger partial charge >= 0.3 is 0 Å². The van der Waals surface area contributed by atoms with Crippen LogP contribution in [0, 0.1) is 4.77 Å². The number of hydrogen-bond acceptors (Lipinski definition) is 3. The largest absolute Gasteiger partial charge is 0.238 e. The molecule has 0 saturated heterocycles. The second-order valence-corrected chi connectivity index (χ2v) is 3.28. The molecule has 1 saturated carbocycles. The third kappa shape index (κ3) is 0.701. The Morgan fingerprint density at radius 2 is 2.40 bits per heavy atom. The van der Waals surface area contributed by atoms with Gasteiger partial charge in [-0.15, -0.1) is 0 Å². The molecule has 0 aromatic carbocycles. The van der Waals surface area contributed by atoms with Crippen molar-refractivity contribution in [2.45, 2.75) is 25.3 Å². The lowest BCUT2D eigenvalue weighted by Crippen LogP contribution is -2.13. The van der Waals surface area contributed by atoms with Gasteiger partial charge in [0.2, 0.25) is 4.77 Å². The van der Waals surface area contributed by atoms with E-state index < -0.39 is 0 Å². The van der Waals surface area contributed by atoms with Gasteiger partial charge in [-0.1, -0.05) is 10.3 Å². The maximum absolute atomic E-state index is 4.93. The van der Waals surface area contributed by atoms with Crippen molar-refractivity contribution in [1.82, 2.24) is 20.2 Å².